The summed E-state index contributed by atoms with van der Waals surface area (Å²) in [6, 6.07) is 16.3. The topological polar surface area (TPSA) is 40.5 Å². The number of halogens is 1. The minimum atomic E-state index is -0.673. The Morgan fingerprint density at radius 1 is 1.09 bits per heavy atom. The highest BCUT2D eigenvalue weighted by Crippen LogP contribution is 2.23. The van der Waals surface area contributed by atoms with Gasteiger partial charge in [0.15, 0.2) is 0 Å². The van der Waals surface area contributed by atoms with E-state index in [0.717, 1.165) is 42.1 Å². The number of carbonyl (C=O) groups is 1. The maximum atomic E-state index is 11.1. The predicted octanol–water partition coefficient (Wildman–Crippen LogP) is 4.30. The molecule has 1 unspecified atom stereocenters. The first-order valence-corrected chi connectivity index (χ1v) is 8.29. The van der Waals surface area contributed by atoms with Crippen molar-refractivity contribution in [3.05, 3.63) is 59.1 Å². The average molecular weight is 330 g/mol. The van der Waals surface area contributed by atoms with Gasteiger partial charge in [-0.3, -0.25) is 9.69 Å². The van der Waals surface area contributed by atoms with Gasteiger partial charge in [-0.2, -0.15) is 0 Å². The molecule has 1 aliphatic heterocycles. The van der Waals surface area contributed by atoms with Gasteiger partial charge in [0.05, 0.1) is 5.92 Å². The standard InChI is InChI=1S/C19H20ClNO2/c20-18-9-7-16(8-10-18)15-5-3-14(4-6-15)12-21-11-1-2-17(13-21)19(22)23/h3-10,17H,1-2,11-13H2,(H,22,23). The van der Waals surface area contributed by atoms with Crippen LogP contribution in [0, 0.1) is 5.92 Å². The smallest absolute Gasteiger partial charge is 0.307 e. The summed E-state index contributed by atoms with van der Waals surface area (Å²) >= 11 is 5.92. The molecule has 1 aliphatic rings. The van der Waals surface area contributed by atoms with E-state index in [4.69, 9.17) is 16.7 Å². The Morgan fingerprint density at radius 2 is 1.70 bits per heavy atom. The van der Waals surface area contributed by atoms with Crippen molar-refractivity contribution in [2.75, 3.05) is 13.1 Å². The molecule has 0 saturated carbocycles. The first-order valence-electron chi connectivity index (χ1n) is 7.92. The molecule has 0 aromatic heterocycles. The molecule has 120 valence electrons. The van der Waals surface area contributed by atoms with E-state index in [2.05, 4.69) is 29.2 Å². The van der Waals surface area contributed by atoms with Gasteiger partial charge < -0.3 is 5.11 Å². The molecule has 3 rings (SSSR count). The van der Waals surface area contributed by atoms with Crippen molar-refractivity contribution in [1.82, 2.24) is 4.90 Å². The number of hydrogen-bond acceptors (Lipinski definition) is 2. The van der Waals surface area contributed by atoms with E-state index in [9.17, 15) is 4.79 Å². The fourth-order valence-corrected chi connectivity index (χ4v) is 3.23. The molecule has 0 radical (unpaired) electrons. The second kappa shape index (κ2) is 7.16. The van der Waals surface area contributed by atoms with Gasteiger partial charge in [-0.25, -0.2) is 0 Å². The largest absolute Gasteiger partial charge is 0.481 e. The third kappa shape index (κ3) is 4.12. The van der Waals surface area contributed by atoms with E-state index < -0.39 is 5.97 Å². The fourth-order valence-electron chi connectivity index (χ4n) is 3.10. The van der Waals surface area contributed by atoms with E-state index in [-0.39, 0.29) is 5.92 Å². The predicted molar refractivity (Wildman–Crippen MR) is 92.5 cm³/mol. The maximum Gasteiger partial charge on any atom is 0.307 e. The molecule has 0 amide bonds. The maximum absolute atomic E-state index is 11.1. The van der Waals surface area contributed by atoms with Crippen LogP contribution in [0.2, 0.25) is 5.02 Å². The Labute approximate surface area is 141 Å². The highest BCUT2D eigenvalue weighted by Gasteiger charge is 2.25. The second-order valence-corrected chi connectivity index (χ2v) is 6.55. The lowest BCUT2D eigenvalue weighted by atomic mass is 9.97. The lowest BCUT2D eigenvalue weighted by Crippen LogP contribution is -2.38. The van der Waals surface area contributed by atoms with Crippen molar-refractivity contribution in [3.63, 3.8) is 0 Å². The summed E-state index contributed by atoms with van der Waals surface area (Å²) in [6.45, 7) is 2.43. The van der Waals surface area contributed by atoms with Gasteiger partial charge in [-0.15, -0.1) is 0 Å². The molecule has 0 aliphatic carbocycles. The summed E-state index contributed by atoms with van der Waals surface area (Å²) in [5.74, 6) is -0.898. The van der Waals surface area contributed by atoms with Crippen molar-refractivity contribution < 1.29 is 9.90 Å². The summed E-state index contributed by atoms with van der Waals surface area (Å²) in [7, 11) is 0. The first kappa shape index (κ1) is 16.0. The molecule has 1 fully saturated rings. The Kier molecular flexibility index (Phi) is 4.99. The van der Waals surface area contributed by atoms with Crippen LogP contribution in [0.3, 0.4) is 0 Å². The number of hydrogen-bond donors (Lipinski definition) is 1. The zero-order valence-electron chi connectivity index (χ0n) is 12.9. The van der Waals surface area contributed by atoms with Crippen molar-refractivity contribution in [1.29, 1.82) is 0 Å². The number of nitrogens with zero attached hydrogens (tertiary/aromatic N) is 1. The van der Waals surface area contributed by atoms with Crippen LogP contribution >= 0.6 is 11.6 Å². The lowest BCUT2D eigenvalue weighted by Gasteiger charge is -2.30. The van der Waals surface area contributed by atoms with Gasteiger partial charge in [0, 0.05) is 18.1 Å². The summed E-state index contributed by atoms with van der Waals surface area (Å²) in [5, 5.41) is 9.91. The van der Waals surface area contributed by atoms with Crippen LogP contribution in [0.25, 0.3) is 11.1 Å². The Bertz CT molecular complexity index is 667. The zero-order valence-corrected chi connectivity index (χ0v) is 13.7. The van der Waals surface area contributed by atoms with Gasteiger partial charge in [0.2, 0.25) is 0 Å². The van der Waals surface area contributed by atoms with E-state index in [0.29, 0.717) is 6.54 Å². The second-order valence-electron chi connectivity index (χ2n) is 6.12. The number of piperidine rings is 1. The first-order chi connectivity index (χ1) is 11.1. The molecule has 3 nitrogen and oxygen atoms in total. The fraction of sp³-hybridized carbons (Fsp3) is 0.316. The molecule has 1 atom stereocenters. The van der Waals surface area contributed by atoms with Crippen molar-refractivity contribution in [3.8, 4) is 11.1 Å². The van der Waals surface area contributed by atoms with Gasteiger partial charge in [0.1, 0.15) is 0 Å². The van der Waals surface area contributed by atoms with Crippen molar-refractivity contribution in [2.24, 2.45) is 5.92 Å². The lowest BCUT2D eigenvalue weighted by molar-refractivity contribution is -0.143. The van der Waals surface area contributed by atoms with E-state index >= 15 is 0 Å². The number of benzene rings is 2. The van der Waals surface area contributed by atoms with Gasteiger partial charge >= 0.3 is 5.97 Å². The molecule has 1 heterocycles. The van der Waals surface area contributed by atoms with Crippen molar-refractivity contribution >= 4 is 17.6 Å². The van der Waals surface area contributed by atoms with Crippen LogP contribution in [-0.4, -0.2) is 29.1 Å². The summed E-state index contributed by atoms with van der Waals surface area (Å²) in [4.78, 5) is 13.4. The normalized spacial score (nSPS) is 18.7. The Hall–Kier alpha value is -1.84. The minimum Gasteiger partial charge on any atom is -0.481 e. The molecule has 1 saturated heterocycles. The zero-order chi connectivity index (χ0) is 16.2. The van der Waals surface area contributed by atoms with E-state index in [1.165, 1.54) is 5.56 Å². The van der Waals surface area contributed by atoms with Crippen LogP contribution in [0.4, 0.5) is 0 Å². The molecule has 0 spiro atoms. The number of likely N-dealkylation sites (tertiary alicyclic amines) is 1. The Balaban J connectivity index is 1.65. The third-order valence-electron chi connectivity index (χ3n) is 4.39. The molecular formula is C19H20ClNO2. The minimum absolute atomic E-state index is 0.225. The van der Waals surface area contributed by atoms with Crippen LogP contribution < -0.4 is 0 Å². The van der Waals surface area contributed by atoms with Crippen LogP contribution in [0.15, 0.2) is 48.5 Å². The molecule has 2 aromatic rings. The van der Waals surface area contributed by atoms with Crippen LogP contribution in [0.5, 0.6) is 0 Å². The summed E-state index contributed by atoms with van der Waals surface area (Å²) < 4.78 is 0. The molecule has 0 bridgehead atoms. The summed E-state index contributed by atoms with van der Waals surface area (Å²) in [6.07, 6.45) is 1.75. The third-order valence-corrected chi connectivity index (χ3v) is 4.64. The van der Waals surface area contributed by atoms with E-state index in [1.54, 1.807) is 0 Å². The van der Waals surface area contributed by atoms with Crippen molar-refractivity contribution in [2.45, 2.75) is 19.4 Å². The SMILES string of the molecule is O=C(O)C1CCCN(Cc2ccc(-c3ccc(Cl)cc3)cc2)C1. The highest BCUT2D eigenvalue weighted by atomic mass is 35.5. The van der Waals surface area contributed by atoms with Gasteiger partial charge in [0.25, 0.3) is 0 Å². The molecule has 23 heavy (non-hydrogen) atoms. The molecular weight excluding hydrogens is 310 g/mol. The average Bonchev–Trinajstić information content (AvgIpc) is 2.57. The molecule has 2 aromatic carbocycles. The number of rotatable bonds is 4. The molecule has 4 heteroatoms. The quantitative estimate of drug-likeness (QED) is 0.909. The van der Waals surface area contributed by atoms with Gasteiger partial charge in [-0.05, 0) is 48.2 Å². The highest BCUT2D eigenvalue weighted by molar-refractivity contribution is 6.30. The number of carboxylic acids is 1. The van der Waals surface area contributed by atoms with Crippen LogP contribution in [-0.2, 0) is 11.3 Å². The summed E-state index contributed by atoms with van der Waals surface area (Å²) in [5.41, 5.74) is 3.52. The Morgan fingerprint density at radius 3 is 2.30 bits per heavy atom. The van der Waals surface area contributed by atoms with Gasteiger partial charge in [-0.1, -0.05) is 48.0 Å². The van der Waals surface area contributed by atoms with Crippen LogP contribution in [0.1, 0.15) is 18.4 Å². The number of carboxylic acid groups (broad SMARTS) is 1. The van der Waals surface area contributed by atoms with E-state index in [1.807, 2.05) is 24.3 Å². The number of aliphatic carboxylic acids is 1. The molecule has 1 N–H and O–H groups in total. The monoisotopic (exact) mass is 329 g/mol.